The SMILES string of the molecule is CCOC(=O)CCCNCCCSC. The number of thioether (sulfide) groups is 1. The van der Waals surface area contributed by atoms with Gasteiger partial charge in [-0.3, -0.25) is 4.79 Å². The fourth-order valence-electron chi connectivity index (χ4n) is 1.06. The van der Waals surface area contributed by atoms with Crippen LogP contribution in [0.1, 0.15) is 26.2 Å². The van der Waals surface area contributed by atoms with E-state index in [2.05, 4.69) is 11.6 Å². The highest BCUT2D eigenvalue weighted by molar-refractivity contribution is 7.98. The van der Waals surface area contributed by atoms with Crippen LogP contribution in [0.25, 0.3) is 0 Å². The van der Waals surface area contributed by atoms with Crippen molar-refractivity contribution < 1.29 is 9.53 Å². The van der Waals surface area contributed by atoms with Gasteiger partial charge in [0.2, 0.25) is 0 Å². The van der Waals surface area contributed by atoms with Crippen molar-refractivity contribution in [3.8, 4) is 0 Å². The number of esters is 1. The zero-order valence-corrected chi connectivity index (χ0v) is 9.99. The molecule has 3 nitrogen and oxygen atoms in total. The zero-order chi connectivity index (χ0) is 10.6. The van der Waals surface area contributed by atoms with Crippen LogP contribution in [-0.2, 0) is 9.53 Å². The Morgan fingerprint density at radius 2 is 2.07 bits per heavy atom. The van der Waals surface area contributed by atoms with E-state index >= 15 is 0 Å². The highest BCUT2D eigenvalue weighted by atomic mass is 32.2. The maximum absolute atomic E-state index is 10.9. The predicted molar refractivity (Wildman–Crippen MR) is 61.7 cm³/mol. The van der Waals surface area contributed by atoms with E-state index in [0.29, 0.717) is 13.0 Å². The standard InChI is InChI=1S/C10H21NO2S/c1-3-13-10(12)6-4-7-11-8-5-9-14-2/h11H,3-9H2,1-2H3. The van der Waals surface area contributed by atoms with Gasteiger partial charge in [-0.2, -0.15) is 11.8 Å². The first kappa shape index (κ1) is 13.8. The van der Waals surface area contributed by atoms with E-state index in [1.54, 1.807) is 0 Å². The minimum atomic E-state index is -0.0848. The Bertz CT molecular complexity index is 142. The molecule has 0 bridgehead atoms. The van der Waals surface area contributed by atoms with Gasteiger partial charge in [0.15, 0.2) is 0 Å². The maximum Gasteiger partial charge on any atom is 0.305 e. The lowest BCUT2D eigenvalue weighted by atomic mass is 10.3. The lowest BCUT2D eigenvalue weighted by molar-refractivity contribution is -0.143. The van der Waals surface area contributed by atoms with Gasteiger partial charge in [0, 0.05) is 6.42 Å². The van der Waals surface area contributed by atoms with Gasteiger partial charge < -0.3 is 10.1 Å². The lowest BCUT2D eigenvalue weighted by Gasteiger charge is -2.03. The van der Waals surface area contributed by atoms with Gasteiger partial charge in [-0.05, 0) is 44.9 Å². The molecule has 0 aliphatic heterocycles. The van der Waals surface area contributed by atoms with Crippen molar-refractivity contribution >= 4 is 17.7 Å². The Labute approximate surface area is 91.0 Å². The molecule has 0 aromatic rings. The molecule has 0 fully saturated rings. The number of nitrogens with one attached hydrogen (secondary N) is 1. The predicted octanol–water partition coefficient (Wildman–Crippen LogP) is 1.67. The molecule has 0 radical (unpaired) electrons. The van der Waals surface area contributed by atoms with E-state index in [-0.39, 0.29) is 5.97 Å². The van der Waals surface area contributed by atoms with Crippen LogP contribution in [0, 0.1) is 0 Å². The molecule has 0 aliphatic carbocycles. The van der Waals surface area contributed by atoms with Crippen molar-refractivity contribution in [3.63, 3.8) is 0 Å². The Balaban J connectivity index is 3.01. The van der Waals surface area contributed by atoms with Gasteiger partial charge in [0.05, 0.1) is 6.61 Å². The third-order valence-corrected chi connectivity index (χ3v) is 2.44. The van der Waals surface area contributed by atoms with E-state index in [0.717, 1.165) is 19.5 Å². The van der Waals surface area contributed by atoms with Crippen LogP contribution < -0.4 is 5.32 Å². The number of hydrogen-bond acceptors (Lipinski definition) is 4. The number of ether oxygens (including phenoxy) is 1. The summed E-state index contributed by atoms with van der Waals surface area (Å²) in [5.41, 5.74) is 0. The van der Waals surface area contributed by atoms with Crippen molar-refractivity contribution in [2.45, 2.75) is 26.2 Å². The van der Waals surface area contributed by atoms with Gasteiger partial charge in [0.1, 0.15) is 0 Å². The average Bonchev–Trinajstić information content (AvgIpc) is 2.17. The highest BCUT2D eigenvalue weighted by Crippen LogP contribution is 1.94. The third kappa shape index (κ3) is 9.86. The summed E-state index contributed by atoms with van der Waals surface area (Å²) in [6.07, 6.45) is 4.71. The molecule has 0 saturated heterocycles. The molecule has 0 heterocycles. The van der Waals surface area contributed by atoms with Crippen LogP contribution in [0.4, 0.5) is 0 Å². The van der Waals surface area contributed by atoms with Crippen LogP contribution in [-0.4, -0.2) is 37.7 Å². The van der Waals surface area contributed by atoms with Gasteiger partial charge in [-0.1, -0.05) is 0 Å². The van der Waals surface area contributed by atoms with E-state index in [4.69, 9.17) is 4.74 Å². The monoisotopic (exact) mass is 219 g/mol. The Morgan fingerprint density at radius 1 is 1.36 bits per heavy atom. The molecule has 1 N–H and O–H groups in total. The topological polar surface area (TPSA) is 38.3 Å². The van der Waals surface area contributed by atoms with E-state index in [1.807, 2.05) is 18.7 Å². The fourth-order valence-corrected chi connectivity index (χ4v) is 1.49. The Hall–Kier alpha value is -0.220. The summed E-state index contributed by atoms with van der Waals surface area (Å²) in [7, 11) is 0. The summed E-state index contributed by atoms with van der Waals surface area (Å²) in [5.74, 6) is 1.11. The van der Waals surface area contributed by atoms with Crippen molar-refractivity contribution in [2.24, 2.45) is 0 Å². The molecule has 4 heteroatoms. The minimum absolute atomic E-state index is 0.0848. The molecule has 0 rings (SSSR count). The highest BCUT2D eigenvalue weighted by Gasteiger charge is 1.99. The van der Waals surface area contributed by atoms with Gasteiger partial charge in [-0.15, -0.1) is 0 Å². The average molecular weight is 219 g/mol. The first-order chi connectivity index (χ1) is 6.81. The van der Waals surface area contributed by atoms with Crippen LogP contribution in [0.5, 0.6) is 0 Å². The summed E-state index contributed by atoms with van der Waals surface area (Å²) >= 11 is 1.86. The zero-order valence-electron chi connectivity index (χ0n) is 9.17. The van der Waals surface area contributed by atoms with Gasteiger partial charge in [0.25, 0.3) is 0 Å². The van der Waals surface area contributed by atoms with E-state index in [1.165, 1.54) is 12.2 Å². The third-order valence-electron chi connectivity index (χ3n) is 1.74. The first-order valence-electron chi connectivity index (χ1n) is 5.16. The summed E-state index contributed by atoms with van der Waals surface area (Å²) < 4.78 is 4.82. The first-order valence-corrected chi connectivity index (χ1v) is 6.56. The number of carbonyl (C=O) groups is 1. The van der Waals surface area contributed by atoms with Crippen LogP contribution in [0.15, 0.2) is 0 Å². The molecule has 0 saturated carbocycles. The number of rotatable bonds is 9. The van der Waals surface area contributed by atoms with Crippen LogP contribution in [0.3, 0.4) is 0 Å². The van der Waals surface area contributed by atoms with E-state index < -0.39 is 0 Å². The molecular formula is C10H21NO2S. The maximum atomic E-state index is 10.9. The quantitative estimate of drug-likeness (QED) is 0.473. The Kier molecular flexibility index (Phi) is 10.7. The smallest absolute Gasteiger partial charge is 0.305 e. The van der Waals surface area contributed by atoms with Crippen molar-refractivity contribution in [1.82, 2.24) is 5.32 Å². The molecule has 0 unspecified atom stereocenters. The molecule has 0 amide bonds. The largest absolute Gasteiger partial charge is 0.466 e. The van der Waals surface area contributed by atoms with Crippen LogP contribution in [0.2, 0.25) is 0 Å². The summed E-state index contributed by atoms with van der Waals surface area (Å²) in [6, 6.07) is 0. The molecule has 0 atom stereocenters. The summed E-state index contributed by atoms with van der Waals surface area (Å²) in [4.78, 5) is 10.9. The number of hydrogen-bond donors (Lipinski definition) is 1. The molecule has 0 aliphatic rings. The lowest BCUT2D eigenvalue weighted by Crippen LogP contribution is -2.18. The van der Waals surface area contributed by atoms with Crippen molar-refractivity contribution in [3.05, 3.63) is 0 Å². The summed E-state index contributed by atoms with van der Waals surface area (Å²) in [5, 5.41) is 3.30. The van der Waals surface area contributed by atoms with Gasteiger partial charge >= 0.3 is 5.97 Å². The Morgan fingerprint density at radius 3 is 2.71 bits per heavy atom. The second-order valence-electron chi connectivity index (χ2n) is 3.00. The van der Waals surface area contributed by atoms with Gasteiger partial charge in [-0.25, -0.2) is 0 Å². The normalized spacial score (nSPS) is 10.1. The van der Waals surface area contributed by atoms with Crippen LogP contribution >= 0.6 is 11.8 Å². The molecular weight excluding hydrogens is 198 g/mol. The number of carbonyl (C=O) groups excluding carboxylic acids is 1. The molecule has 0 aromatic carbocycles. The van der Waals surface area contributed by atoms with E-state index in [9.17, 15) is 4.79 Å². The minimum Gasteiger partial charge on any atom is -0.466 e. The fraction of sp³-hybridized carbons (Fsp3) is 0.900. The van der Waals surface area contributed by atoms with Crippen molar-refractivity contribution in [1.29, 1.82) is 0 Å². The molecule has 84 valence electrons. The molecule has 0 aromatic heterocycles. The molecule has 0 spiro atoms. The van der Waals surface area contributed by atoms with Crippen molar-refractivity contribution in [2.75, 3.05) is 31.7 Å². The second-order valence-corrected chi connectivity index (χ2v) is 3.99. The molecule has 14 heavy (non-hydrogen) atoms. The second kappa shape index (κ2) is 10.9. The summed E-state index contributed by atoms with van der Waals surface area (Å²) in [6.45, 7) is 4.27.